The topological polar surface area (TPSA) is 72.2 Å². The molecular weight excluding hydrogens is 192 g/mol. The minimum Gasteiger partial charge on any atom is -0.351 e. The monoisotopic (exact) mass is 212 g/mol. The molecule has 3 N–H and O–H groups in total. The molecule has 1 atom stereocenters. The van der Waals surface area contributed by atoms with Gasteiger partial charge in [0.2, 0.25) is 5.91 Å². The van der Waals surface area contributed by atoms with Gasteiger partial charge in [-0.25, -0.2) is 4.79 Å². The van der Waals surface area contributed by atoms with Crippen molar-refractivity contribution in [3.05, 3.63) is 12.7 Å². The number of hydrogen-bond donors (Lipinski definition) is 2. The van der Waals surface area contributed by atoms with Crippen LogP contribution in [-0.4, -0.2) is 11.9 Å². The molecule has 0 spiro atoms. The van der Waals surface area contributed by atoms with E-state index in [0.717, 1.165) is 25.7 Å². The molecule has 1 unspecified atom stereocenters. The zero-order valence-electron chi connectivity index (χ0n) is 9.29. The van der Waals surface area contributed by atoms with E-state index in [1.807, 2.05) is 0 Å². The van der Waals surface area contributed by atoms with Crippen LogP contribution in [0.1, 0.15) is 39.0 Å². The highest BCUT2D eigenvalue weighted by Gasteiger charge is 2.17. The molecule has 15 heavy (non-hydrogen) atoms. The summed E-state index contributed by atoms with van der Waals surface area (Å²) in [5.41, 5.74) is 4.89. The first-order valence-corrected chi connectivity index (χ1v) is 5.33. The first kappa shape index (κ1) is 13.7. The summed E-state index contributed by atoms with van der Waals surface area (Å²) in [6.45, 7) is 5.70. The third-order valence-corrected chi connectivity index (χ3v) is 2.22. The zero-order chi connectivity index (χ0) is 11.7. The number of nitrogens with two attached hydrogens (primary N) is 1. The van der Waals surface area contributed by atoms with Gasteiger partial charge in [-0.05, 0) is 12.8 Å². The Kier molecular flexibility index (Phi) is 7.32. The standard InChI is InChI=1S/C11H20N2O2/c1-3-5-6-8-9(7-4-2)10(14)13-11(12)15/h4,9H,2-3,5-8H2,1H3,(H3,12,13,14,15). The quantitative estimate of drug-likeness (QED) is 0.500. The molecule has 0 aliphatic heterocycles. The Hall–Kier alpha value is -1.32. The van der Waals surface area contributed by atoms with Crippen molar-refractivity contribution in [2.75, 3.05) is 0 Å². The number of primary amides is 1. The Morgan fingerprint density at radius 1 is 1.47 bits per heavy atom. The number of hydrogen-bond acceptors (Lipinski definition) is 2. The Morgan fingerprint density at radius 2 is 2.13 bits per heavy atom. The summed E-state index contributed by atoms with van der Waals surface area (Å²) in [6.07, 6.45) is 6.25. The van der Waals surface area contributed by atoms with Gasteiger partial charge in [-0.15, -0.1) is 6.58 Å². The lowest BCUT2D eigenvalue weighted by molar-refractivity contribution is -0.124. The fourth-order valence-electron chi connectivity index (χ4n) is 1.42. The van der Waals surface area contributed by atoms with Crippen LogP contribution in [0.3, 0.4) is 0 Å². The second-order valence-corrected chi connectivity index (χ2v) is 3.57. The van der Waals surface area contributed by atoms with Gasteiger partial charge in [0, 0.05) is 5.92 Å². The van der Waals surface area contributed by atoms with Crippen molar-refractivity contribution in [1.82, 2.24) is 5.32 Å². The van der Waals surface area contributed by atoms with Gasteiger partial charge in [0.15, 0.2) is 0 Å². The summed E-state index contributed by atoms with van der Waals surface area (Å²) in [5.74, 6) is -0.472. The zero-order valence-corrected chi connectivity index (χ0v) is 9.29. The normalized spacial score (nSPS) is 11.8. The Morgan fingerprint density at radius 3 is 2.60 bits per heavy atom. The van der Waals surface area contributed by atoms with E-state index in [1.54, 1.807) is 6.08 Å². The van der Waals surface area contributed by atoms with Crippen LogP contribution in [0.2, 0.25) is 0 Å². The second kappa shape index (κ2) is 8.03. The van der Waals surface area contributed by atoms with E-state index in [-0.39, 0.29) is 11.8 Å². The highest BCUT2D eigenvalue weighted by Crippen LogP contribution is 2.14. The van der Waals surface area contributed by atoms with E-state index < -0.39 is 6.03 Å². The Bertz CT molecular complexity index is 227. The van der Waals surface area contributed by atoms with Crippen molar-refractivity contribution < 1.29 is 9.59 Å². The van der Waals surface area contributed by atoms with E-state index in [4.69, 9.17) is 5.73 Å². The van der Waals surface area contributed by atoms with Crippen LogP contribution in [0, 0.1) is 5.92 Å². The number of nitrogens with one attached hydrogen (secondary N) is 1. The highest BCUT2D eigenvalue weighted by molar-refractivity contribution is 5.94. The van der Waals surface area contributed by atoms with E-state index in [9.17, 15) is 9.59 Å². The largest absolute Gasteiger partial charge is 0.351 e. The molecule has 3 amide bonds. The fraction of sp³-hybridized carbons (Fsp3) is 0.636. The number of allylic oxidation sites excluding steroid dienone is 1. The van der Waals surface area contributed by atoms with Crippen LogP contribution in [-0.2, 0) is 4.79 Å². The van der Waals surface area contributed by atoms with Crippen molar-refractivity contribution in [3.8, 4) is 0 Å². The van der Waals surface area contributed by atoms with Gasteiger partial charge in [0.1, 0.15) is 0 Å². The molecular formula is C11H20N2O2. The maximum absolute atomic E-state index is 11.5. The van der Waals surface area contributed by atoms with Crippen LogP contribution < -0.4 is 11.1 Å². The third kappa shape index (κ3) is 6.71. The van der Waals surface area contributed by atoms with Crippen LogP contribution in [0.5, 0.6) is 0 Å². The molecule has 0 aromatic rings. The van der Waals surface area contributed by atoms with Gasteiger partial charge in [0.25, 0.3) is 0 Å². The molecule has 0 heterocycles. The minimum absolute atomic E-state index is 0.179. The van der Waals surface area contributed by atoms with Gasteiger partial charge in [-0.2, -0.15) is 0 Å². The summed E-state index contributed by atoms with van der Waals surface area (Å²) in [4.78, 5) is 22.0. The van der Waals surface area contributed by atoms with E-state index in [0.29, 0.717) is 6.42 Å². The first-order valence-electron chi connectivity index (χ1n) is 5.33. The van der Waals surface area contributed by atoms with Gasteiger partial charge in [-0.3, -0.25) is 10.1 Å². The highest BCUT2D eigenvalue weighted by atomic mass is 16.2. The van der Waals surface area contributed by atoms with Crippen LogP contribution >= 0.6 is 0 Å². The fourth-order valence-corrected chi connectivity index (χ4v) is 1.42. The lowest BCUT2D eigenvalue weighted by atomic mass is 9.97. The average Bonchev–Trinajstić information content (AvgIpc) is 2.15. The summed E-state index contributed by atoms with van der Waals surface area (Å²) >= 11 is 0. The predicted octanol–water partition coefficient (Wildman–Crippen LogP) is 1.95. The number of unbranched alkanes of at least 4 members (excludes halogenated alkanes) is 2. The van der Waals surface area contributed by atoms with Gasteiger partial charge in [-0.1, -0.05) is 32.3 Å². The van der Waals surface area contributed by atoms with Crippen molar-refractivity contribution in [1.29, 1.82) is 0 Å². The maximum atomic E-state index is 11.5. The molecule has 0 radical (unpaired) electrons. The number of carbonyl (C=O) groups is 2. The maximum Gasteiger partial charge on any atom is 0.318 e. The van der Waals surface area contributed by atoms with E-state index >= 15 is 0 Å². The number of imide groups is 1. The van der Waals surface area contributed by atoms with Gasteiger partial charge >= 0.3 is 6.03 Å². The molecule has 86 valence electrons. The molecule has 0 aliphatic carbocycles. The lowest BCUT2D eigenvalue weighted by Crippen LogP contribution is -2.39. The van der Waals surface area contributed by atoms with Crippen molar-refractivity contribution in [3.63, 3.8) is 0 Å². The molecule has 0 rings (SSSR count). The average molecular weight is 212 g/mol. The van der Waals surface area contributed by atoms with Crippen molar-refractivity contribution in [2.24, 2.45) is 11.7 Å². The van der Waals surface area contributed by atoms with Gasteiger partial charge < -0.3 is 5.73 Å². The molecule has 0 fully saturated rings. The van der Waals surface area contributed by atoms with E-state index in [1.165, 1.54) is 0 Å². The molecule has 4 nitrogen and oxygen atoms in total. The molecule has 4 heteroatoms. The minimum atomic E-state index is -0.787. The van der Waals surface area contributed by atoms with Crippen LogP contribution in [0.15, 0.2) is 12.7 Å². The predicted molar refractivity (Wildman–Crippen MR) is 60.2 cm³/mol. The van der Waals surface area contributed by atoms with Crippen molar-refractivity contribution >= 4 is 11.9 Å². The lowest BCUT2D eigenvalue weighted by Gasteiger charge is -2.13. The third-order valence-electron chi connectivity index (χ3n) is 2.22. The Labute approximate surface area is 90.9 Å². The number of amides is 3. The summed E-state index contributed by atoms with van der Waals surface area (Å²) in [6, 6.07) is -0.787. The smallest absolute Gasteiger partial charge is 0.318 e. The van der Waals surface area contributed by atoms with Crippen LogP contribution in [0.25, 0.3) is 0 Å². The summed E-state index contributed by atoms with van der Waals surface area (Å²) < 4.78 is 0. The number of urea groups is 1. The van der Waals surface area contributed by atoms with E-state index in [2.05, 4.69) is 18.8 Å². The SMILES string of the molecule is C=CCC(CCCCC)C(=O)NC(N)=O. The molecule has 0 aromatic heterocycles. The molecule has 0 bridgehead atoms. The number of carbonyl (C=O) groups excluding carboxylic acids is 2. The molecule has 0 saturated carbocycles. The summed E-state index contributed by atoms with van der Waals surface area (Å²) in [7, 11) is 0. The number of rotatable bonds is 7. The van der Waals surface area contributed by atoms with Gasteiger partial charge in [0.05, 0.1) is 0 Å². The van der Waals surface area contributed by atoms with Crippen LogP contribution in [0.4, 0.5) is 4.79 Å². The Balaban J connectivity index is 4.05. The second-order valence-electron chi connectivity index (χ2n) is 3.57. The van der Waals surface area contributed by atoms with Crippen molar-refractivity contribution in [2.45, 2.75) is 39.0 Å². The first-order chi connectivity index (χ1) is 7.11. The summed E-state index contributed by atoms with van der Waals surface area (Å²) in [5, 5.41) is 2.11. The molecule has 0 aliphatic rings. The molecule has 0 saturated heterocycles. The molecule has 0 aromatic carbocycles.